The third-order valence-corrected chi connectivity index (χ3v) is 4.27. The quantitative estimate of drug-likeness (QED) is 0.800. The third-order valence-electron chi connectivity index (χ3n) is 4.27. The van der Waals surface area contributed by atoms with Gasteiger partial charge in [-0.15, -0.1) is 0 Å². The summed E-state index contributed by atoms with van der Waals surface area (Å²) in [6.45, 7) is 3.99. The number of benzene rings is 2. The van der Waals surface area contributed by atoms with Gasteiger partial charge in [0.15, 0.2) is 0 Å². The normalized spacial score (nSPS) is 15.3. The van der Waals surface area contributed by atoms with Gasteiger partial charge in [-0.3, -0.25) is 9.59 Å². The first-order chi connectivity index (χ1) is 11.1. The van der Waals surface area contributed by atoms with Crippen molar-refractivity contribution in [1.82, 2.24) is 9.80 Å². The van der Waals surface area contributed by atoms with Gasteiger partial charge in [-0.25, -0.2) is 0 Å². The van der Waals surface area contributed by atoms with Gasteiger partial charge in [-0.05, 0) is 22.4 Å². The van der Waals surface area contributed by atoms with E-state index in [0.29, 0.717) is 26.2 Å². The number of hydrogen-bond acceptors (Lipinski definition) is 2. The minimum atomic E-state index is 0.00105. The summed E-state index contributed by atoms with van der Waals surface area (Å²) in [7, 11) is 0. The van der Waals surface area contributed by atoms with E-state index in [9.17, 15) is 9.59 Å². The zero-order valence-electron chi connectivity index (χ0n) is 13.2. The Morgan fingerprint density at radius 3 is 2.30 bits per heavy atom. The average molecular weight is 308 g/mol. The largest absolute Gasteiger partial charge is 0.339 e. The van der Waals surface area contributed by atoms with Crippen molar-refractivity contribution in [3.05, 3.63) is 54.1 Å². The lowest BCUT2D eigenvalue weighted by atomic mass is 10.0. The van der Waals surface area contributed by atoms with Crippen molar-refractivity contribution in [2.24, 2.45) is 0 Å². The molecule has 4 nitrogen and oxygen atoms in total. The highest BCUT2D eigenvalue weighted by Crippen LogP contribution is 2.19. The number of amides is 2. The Morgan fingerprint density at radius 2 is 1.57 bits per heavy atom. The number of rotatable bonds is 2. The molecule has 1 saturated heterocycles. The Hall–Kier alpha value is -2.62. The predicted octanol–water partition coefficient (Wildman–Crippen LogP) is 2.54. The first-order valence-electron chi connectivity index (χ1n) is 7.85. The van der Waals surface area contributed by atoms with Crippen molar-refractivity contribution in [3.63, 3.8) is 0 Å². The van der Waals surface area contributed by atoms with Crippen LogP contribution in [0.25, 0.3) is 16.8 Å². The Balaban J connectivity index is 1.70. The summed E-state index contributed by atoms with van der Waals surface area (Å²) in [5.74, 6) is 0.0736. The molecule has 1 fully saturated rings. The summed E-state index contributed by atoms with van der Waals surface area (Å²) in [6.07, 6.45) is 3.51. The van der Waals surface area contributed by atoms with E-state index in [1.807, 2.05) is 30.3 Å². The van der Waals surface area contributed by atoms with E-state index in [-0.39, 0.29) is 11.8 Å². The van der Waals surface area contributed by atoms with Crippen molar-refractivity contribution < 1.29 is 9.59 Å². The van der Waals surface area contributed by atoms with Crippen LogP contribution in [0, 0.1) is 0 Å². The number of fused-ring (bicyclic) bond motifs is 1. The molecule has 1 aliphatic rings. The van der Waals surface area contributed by atoms with Crippen LogP contribution in [0.3, 0.4) is 0 Å². The summed E-state index contributed by atoms with van der Waals surface area (Å²) >= 11 is 0. The molecule has 23 heavy (non-hydrogen) atoms. The SMILES string of the molecule is CC(=O)N1CCN(C(=O)/C=C/c2cccc3ccccc23)CC1. The molecule has 118 valence electrons. The average Bonchev–Trinajstić information content (AvgIpc) is 2.59. The molecule has 0 radical (unpaired) electrons. The second-order valence-corrected chi connectivity index (χ2v) is 5.73. The molecular weight excluding hydrogens is 288 g/mol. The fourth-order valence-electron chi connectivity index (χ4n) is 2.90. The minimum Gasteiger partial charge on any atom is -0.339 e. The van der Waals surface area contributed by atoms with E-state index >= 15 is 0 Å². The standard InChI is InChI=1S/C19H20N2O2/c1-15(22)20-11-13-21(14-12-20)19(23)10-9-17-7-4-6-16-5-2-3-8-18(16)17/h2-10H,11-14H2,1H3/b10-9+. The summed E-state index contributed by atoms with van der Waals surface area (Å²) in [4.78, 5) is 27.2. The van der Waals surface area contributed by atoms with Crippen LogP contribution >= 0.6 is 0 Å². The summed E-state index contributed by atoms with van der Waals surface area (Å²) in [6, 6.07) is 14.2. The van der Waals surface area contributed by atoms with Crippen LogP contribution in [0.5, 0.6) is 0 Å². The maximum absolute atomic E-state index is 12.3. The molecule has 1 aliphatic heterocycles. The van der Waals surface area contributed by atoms with Gasteiger partial charge in [0, 0.05) is 39.2 Å². The van der Waals surface area contributed by atoms with E-state index in [0.717, 1.165) is 16.3 Å². The van der Waals surface area contributed by atoms with Gasteiger partial charge in [0.2, 0.25) is 11.8 Å². The van der Waals surface area contributed by atoms with E-state index in [2.05, 4.69) is 18.2 Å². The first-order valence-corrected chi connectivity index (χ1v) is 7.85. The van der Waals surface area contributed by atoms with Crippen LogP contribution in [0.4, 0.5) is 0 Å². The van der Waals surface area contributed by atoms with Crippen molar-refractivity contribution in [2.75, 3.05) is 26.2 Å². The van der Waals surface area contributed by atoms with Gasteiger partial charge in [0.25, 0.3) is 0 Å². The zero-order chi connectivity index (χ0) is 16.2. The van der Waals surface area contributed by atoms with Crippen molar-refractivity contribution in [1.29, 1.82) is 0 Å². The lowest BCUT2D eigenvalue weighted by Crippen LogP contribution is -2.49. The summed E-state index contributed by atoms with van der Waals surface area (Å²) in [5, 5.41) is 2.30. The zero-order valence-corrected chi connectivity index (χ0v) is 13.2. The third kappa shape index (κ3) is 3.42. The van der Waals surface area contributed by atoms with Gasteiger partial charge in [0.05, 0.1) is 0 Å². The lowest BCUT2D eigenvalue weighted by Gasteiger charge is -2.33. The predicted molar refractivity (Wildman–Crippen MR) is 91.8 cm³/mol. The molecule has 2 amide bonds. The van der Waals surface area contributed by atoms with Crippen LogP contribution in [-0.4, -0.2) is 47.8 Å². The highest BCUT2D eigenvalue weighted by atomic mass is 16.2. The van der Waals surface area contributed by atoms with Crippen LogP contribution in [0.1, 0.15) is 12.5 Å². The number of carbonyl (C=O) groups excluding carboxylic acids is 2. The Kier molecular flexibility index (Phi) is 4.42. The van der Waals surface area contributed by atoms with Crippen LogP contribution in [-0.2, 0) is 9.59 Å². The maximum atomic E-state index is 12.3. The van der Waals surface area contributed by atoms with Crippen LogP contribution < -0.4 is 0 Å². The molecule has 0 unspecified atom stereocenters. The molecule has 2 aromatic carbocycles. The van der Waals surface area contributed by atoms with Gasteiger partial charge in [-0.2, -0.15) is 0 Å². The molecule has 3 rings (SSSR count). The monoisotopic (exact) mass is 308 g/mol. The fraction of sp³-hybridized carbons (Fsp3) is 0.263. The molecule has 0 aliphatic carbocycles. The van der Waals surface area contributed by atoms with Crippen LogP contribution in [0.2, 0.25) is 0 Å². The number of carbonyl (C=O) groups is 2. The fourth-order valence-corrected chi connectivity index (χ4v) is 2.90. The Bertz CT molecular complexity index is 754. The molecule has 0 saturated carbocycles. The molecule has 0 N–H and O–H groups in total. The maximum Gasteiger partial charge on any atom is 0.246 e. The molecular formula is C19H20N2O2. The van der Waals surface area contributed by atoms with Crippen LogP contribution in [0.15, 0.2) is 48.5 Å². The molecule has 0 spiro atoms. The lowest BCUT2D eigenvalue weighted by molar-refractivity contribution is -0.135. The summed E-state index contributed by atoms with van der Waals surface area (Å²) < 4.78 is 0. The van der Waals surface area contributed by atoms with Gasteiger partial charge >= 0.3 is 0 Å². The molecule has 2 aromatic rings. The number of nitrogens with zero attached hydrogens (tertiary/aromatic N) is 2. The second-order valence-electron chi connectivity index (χ2n) is 5.73. The number of piperazine rings is 1. The van der Waals surface area contributed by atoms with Gasteiger partial charge < -0.3 is 9.80 Å². The van der Waals surface area contributed by atoms with Crippen molar-refractivity contribution in [3.8, 4) is 0 Å². The Morgan fingerprint density at radius 1 is 0.913 bits per heavy atom. The highest BCUT2D eigenvalue weighted by Gasteiger charge is 2.20. The molecule has 4 heteroatoms. The molecule has 0 aromatic heterocycles. The second kappa shape index (κ2) is 6.65. The topological polar surface area (TPSA) is 40.6 Å². The highest BCUT2D eigenvalue weighted by molar-refractivity contribution is 5.96. The first kappa shape index (κ1) is 15.3. The van der Waals surface area contributed by atoms with E-state index in [1.165, 1.54) is 0 Å². The van der Waals surface area contributed by atoms with Crippen molar-refractivity contribution >= 4 is 28.7 Å². The van der Waals surface area contributed by atoms with Gasteiger partial charge in [-0.1, -0.05) is 42.5 Å². The molecule has 1 heterocycles. The van der Waals surface area contributed by atoms with E-state index < -0.39 is 0 Å². The number of hydrogen-bond donors (Lipinski definition) is 0. The molecule has 0 atom stereocenters. The Labute approximate surface area is 136 Å². The summed E-state index contributed by atoms with van der Waals surface area (Å²) in [5.41, 5.74) is 1.04. The minimum absolute atomic E-state index is 0.00105. The molecule has 0 bridgehead atoms. The van der Waals surface area contributed by atoms with Gasteiger partial charge in [0.1, 0.15) is 0 Å². The van der Waals surface area contributed by atoms with Crippen molar-refractivity contribution in [2.45, 2.75) is 6.92 Å². The van der Waals surface area contributed by atoms with E-state index in [4.69, 9.17) is 0 Å². The van der Waals surface area contributed by atoms with E-state index in [1.54, 1.807) is 22.8 Å². The smallest absolute Gasteiger partial charge is 0.246 e.